The molecule has 218 valence electrons. The Hall–Kier alpha value is -3.78. The van der Waals surface area contributed by atoms with Crippen LogP contribution >= 0.6 is 23.4 Å². The summed E-state index contributed by atoms with van der Waals surface area (Å²) in [4.78, 5) is 33.9. The number of carbonyl (C=O) groups excluding carboxylic acids is 2. The van der Waals surface area contributed by atoms with E-state index >= 15 is 0 Å². The van der Waals surface area contributed by atoms with Crippen LogP contribution in [-0.4, -0.2) is 41.6 Å². The van der Waals surface area contributed by atoms with Gasteiger partial charge >= 0.3 is 0 Å². The van der Waals surface area contributed by atoms with Gasteiger partial charge in [-0.2, -0.15) is 0 Å². The Bertz CT molecular complexity index is 1620. The molecule has 3 aliphatic rings. The molecule has 43 heavy (non-hydrogen) atoms. The van der Waals surface area contributed by atoms with Crippen molar-refractivity contribution < 1.29 is 14.3 Å². The van der Waals surface area contributed by atoms with Crippen LogP contribution in [0.25, 0.3) is 0 Å². The maximum absolute atomic E-state index is 14.5. The number of anilines is 2. The summed E-state index contributed by atoms with van der Waals surface area (Å²) >= 11 is 7.20. The van der Waals surface area contributed by atoms with E-state index in [1.807, 2.05) is 53.4 Å². The maximum Gasteiger partial charge on any atom is 0.287 e. The normalized spacial score (nSPS) is 20.7. The zero-order valence-corrected chi connectivity index (χ0v) is 25.3. The van der Waals surface area contributed by atoms with Gasteiger partial charge in [-0.15, -0.1) is 0 Å². The monoisotopic (exact) mass is 609 g/mol. The summed E-state index contributed by atoms with van der Waals surface area (Å²) in [6.07, 6.45) is 3.31. The summed E-state index contributed by atoms with van der Waals surface area (Å²) in [7, 11) is 0. The third kappa shape index (κ3) is 5.30. The van der Waals surface area contributed by atoms with Crippen LogP contribution in [-0.2, 0) is 16.8 Å². The van der Waals surface area contributed by atoms with Gasteiger partial charge in [0.15, 0.2) is 5.54 Å². The van der Waals surface area contributed by atoms with Crippen molar-refractivity contribution in [2.45, 2.75) is 24.8 Å². The number of thioether (sulfide) groups is 1. The first kappa shape index (κ1) is 28.0. The zero-order valence-electron chi connectivity index (χ0n) is 23.7. The highest BCUT2D eigenvalue weighted by Crippen LogP contribution is 2.52. The average Bonchev–Trinajstić information content (AvgIpc) is 3.50. The largest absolute Gasteiger partial charge is 0.457 e. The molecule has 2 amide bonds. The lowest BCUT2D eigenvalue weighted by Gasteiger charge is -2.36. The molecule has 2 fully saturated rings. The molecular formula is C35H32ClN3O3S. The molecule has 0 bridgehead atoms. The van der Waals surface area contributed by atoms with Crippen LogP contribution < -0.4 is 14.5 Å². The SMILES string of the molecule is O=C1SCC2(C(=O)N(CN3CCC(Cc4ccccc4)CC3)c3ccccc32)N1c1ccc(Oc2ccc(Cl)cc2)cc1. The zero-order chi connectivity index (χ0) is 29.4. The Balaban J connectivity index is 1.10. The number of nitrogens with zero attached hydrogens (tertiary/aromatic N) is 3. The number of ether oxygens (including phenoxy) is 1. The third-order valence-corrected chi connectivity index (χ3v) is 10.0. The van der Waals surface area contributed by atoms with Crippen LogP contribution in [0.5, 0.6) is 11.5 Å². The molecule has 3 heterocycles. The number of rotatable bonds is 7. The van der Waals surface area contributed by atoms with Crippen LogP contribution in [0.1, 0.15) is 24.0 Å². The standard InChI is InChI=1S/C35H32ClN3O3S/c36-27-10-14-29(15-11-27)42-30-16-12-28(13-17-30)39-34(41)43-23-35(39)31-8-4-5-9-32(31)38(33(35)40)24-37-20-18-26(19-21-37)22-25-6-2-1-3-7-25/h1-17,26H,18-24H2. The highest BCUT2D eigenvalue weighted by Gasteiger charge is 2.60. The molecule has 8 heteroatoms. The van der Waals surface area contributed by atoms with Crippen LogP contribution in [0.15, 0.2) is 103 Å². The van der Waals surface area contributed by atoms with Gasteiger partial charge in [0.25, 0.3) is 11.1 Å². The minimum absolute atomic E-state index is 0.0417. The molecule has 4 aromatic rings. The van der Waals surface area contributed by atoms with Gasteiger partial charge in [-0.1, -0.05) is 71.9 Å². The lowest BCUT2D eigenvalue weighted by molar-refractivity contribution is -0.122. The Labute approximate surface area is 261 Å². The molecule has 7 rings (SSSR count). The Morgan fingerprint density at radius 2 is 1.47 bits per heavy atom. The summed E-state index contributed by atoms with van der Waals surface area (Å²) in [5, 5.41) is 0.513. The van der Waals surface area contributed by atoms with Crippen LogP contribution in [0.2, 0.25) is 5.02 Å². The maximum atomic E-state index is 14.5. The van der Waals surface area contributed by atoms with Gasteiger partial charge in [-0.05, 0) is 85.3 Å². The van der Waals surface area contributed by atoms with E-state index in [0.29, 0.717) is 40.5 Å². The van der Waals surface area contributed by atoms with Crippen molar-refractivity contribution in [3.05, 3.63) is 119 Å². The highest BCUT2D eigenvalue weighted by molar-refractivity contribution is 8.14. The van der Waals surface area contributed by atoms with Gasteiger partial charge < -0.3 is 4.74 Å². The minimum Gasteiger partial charge on any atom is -0.457 e. The molecule has 2 saturated heterocycles. The number of benzene rings is 4. The quantitative estimate of drug-likeness (QED) is 0.213. The van der Waals surface area contributed by atoms with Crippen molar-refractivity contribution in [2.24, 2.45) is 5.92 Å². The molecular weight excluding hydrogens is 578 g/mol. The molecule has 0 aliphatic carbocycles. The van der Waals surface area contributed by atoms with Gasteiger partial charge in [-0.3, -0.25) is 24.3 Å². The second-order valence-corrected chi connectivity index (χ2v) is 12.8. The van der Waals surface area contributed by atoms with Crippen LogP contribution in [0, 0.1) is 5.92 Å². The second kappa shape index (κ2) is 11.7. The molecule has 0 aromatic heterocycles. The molecule has 0 N–H and O–H groups in total. The number of hydrogen-bond acceptors (Lipinski definition) is 5. The van der Waals surface area contributed by atoms with E-state index in [0.717, 1.165) is 43.6 Å². The Morgan fingerprint density at radius 3 is 2.19 bits per heavy atom. The molecule has 4 aromatic carbocycles. The van der Waals surface area contributed by atoms with E-state index in [9.17, 15) is 9.59 Å². The minimum atomic E-state index is -1.08. The molecule has 1 atom stereocenters. The summed E-state index contributed by atoms with van der Waals surface area (Å²) in [5.74, 6) is 2.29. The van der Waals surface area contributed by atoms with Crippen molar-refractivity contribution in [2.75, 3.05) is 35.3 Å². The number of halogens is 1. The number of piperidine rings is 1. The van der Waals surface area contributed by atoms with E-state index in [1.54, 1.807) is 29.2 Å². The molecule has 1 unspecified atom stereocenters. The lowest BCUT2D eigenvalue weighted by Crippen LogP contribution is -2.54. The summed E-state index contributed by atoms with van der Waals surface area (Å²) in [5.41, 5.74) is 2.76. The van der Waals surface area contributed by atoms with Crippen molar-refractivity contribution in [3.63, 3.8) is 0 Å². The predicted molar refractivity (Wildman–Crippen MR) is 173 cm³/mol. The fourth-order valence-corrected chi connectivity index (χ4v) is 7.82. The smallest absolute Gasteiger partial charge is 0.287 e. The fourth-order valence-electron chi connectivity index (χ4n) is 6.56. The molecule has 3 aliphatic heterocycles. The van der Waals surface area contributed by atoms with Crippen LogP contribution in [0.3, 0.4) is 0 Å². The number of fused-ring (bicyclic) bond motifs is 2. The van der Waals surface area contributed by atoms with Crippen molar-refractivity contribution >= 4 is 45.9 Å². The Kier molecular flexibility index (Phi) is 7.63. The number of para-hydroxylation sites is 1. The summed E-state index contributed by atoms with van der Waals surface area (Å²) in [6.45, 7) is 2.42. The van der Waals surface area contributed by atoms with Gasteiger partial charge in [-0.25, -0.2) is 0 Å². The van der Waals surface area contributed by atoms with Gasteiger partial charge in [0.1, 0.15) is 11.5 Å². The number of likely N-dealkylation sites (tertiary alicyclic amines) is 1. The van der Waals surface area contributed by atoms with Crippen molar-refractivity contribution in [1.82, 2.24) is 4.90 Å². The van der Waals surface area contributed by atoms with E-state index in [2.05, 4.69) is 35.2 Å². The number of carbonyl (C=O) groups is 2. The van der Waals surface area contributed by atoms with Gasteiger partial charge in [0.2, 0.25) is 0 Å². The van der Waals surface area contributed by atoms with E-state index in [1.165, 1.54) is 17.3 Å². The van der Waals surface area contributed by atoms with Gasteiger partial charge in [0, 0.05) is 35.1 Å². The summed E-state index contributed by atoms with van der Waals surface area (Å²) < 4.78 is 5.97. The van der Waals surface area contributed by atoms with E-state index in [-0.39, 0.29) is 11.1 Å². The lowest BCUT2D eigenvalue weighted by atomic mass is 9.90. The average molecular weight is 610 g/mol. The predicted octanol–water partition coefficient (Wildman–Crippen LogP) is 7.96. The molecule has 1 spiro atoms. The topological polar surface area (TPSA) is 53.1 Å². The first-order chi connectivity index (χ1) is 21.0. The van der Waals surface area contributed by atoms with Gasteiger partial charge in [0.05, 0.1) is 12.4 Å². The molecule has 0 radical (unpaired) electrons. The Morgan fingerprint density at radius 1 is 0.814 bits per heavy atom. The molecule has 6 nitrogen and oxygen atoms in total. The third-order valence-electron chi connectivity index (χ3n) is 8.77. The summed E-state index contributed by atoms with van der Waals surface area (Å²) in [6, 6.07) is 33.2. The van der Waals surface area contributed by atoms with Crippen molar-refractivity contribution in [3.8, 4) is 11.5 Å². The van der Waals surface area contributed by atoms with E-state index < -0.39 is 5.54 Å². The first-order valence-corrected chi connectivity index (χ1v) is 16.1. The first-order valence-electron chi connectivity index (χ1n) is 14.7. The van der Waals surface area contributed by atoms with E-state index in [4.69, 9.17) is 16.3 Å². The van der Waals surface area contributed by atoms with Crippen molar-refractivity contribution in [1.29, 1.82) is 0 Å². The highest BCUT2D eigenvalue weighted by atomic mass is 35.5. The number of amides is 2. The second-order valence-electron chi connectivity index (χ2n) is 11.4. The number of hydrogen-bond donors (Lipinski definition) is 0. The fraction of sp³-hybridized carbons (Fsp3) is 0.257. The molecule has 0 saturated carbocycles. The van der Waals surface area contributed by atoms with Crippen LogP contribution in [0.4, 0.5) is 16.2 Å².